The zero-order valence-electron chi connectivity index (χ0n) is 19.1. The normalized spacial score (nSPS) is 8.58. The molecule has 1 radical (unpaired) electrons. The molecule has 169 valence electrons. The summed E-state index contributed by atoms with van der Waals surface area (Å²) in [5, 5.41) is 6.28. The van der Waals surface area contributed by atoms with Crippen molar-refractivity contribution in [2.45, 2.75) is 20.8 Å². The van der Waals surface area contributed by atoms with Crippen molar-refractivity contribution in [3.8, 4) is 22.5 Å². The summed E-state index contributed by atoms with van der Waals surface area (Å²) in [4.78, 5) is 17.9. The first-order valence-corrected chi connectivity index (χ1v) is 10.1. The molecule has 2 heterocycles. The Morgan fingerprint density at radius 2 is 0.909 bits per heavy atom. The second-order valence-corrected chi connectivity index (χ2v) is 6.75. The number of hydrogen-bond acceptors (Lipinski definition) is 4. The SMILES string of the molecule is CC(=N)N.CC(C)=O.[Ru+3].c1ccc(-c2ccccn2)cc1.c1ccc(-c2ccccn2)cc1. The number of nitrogens with one attached hydrogen (secondary N) is 1. The molecule has 0 saturated carbocycles. The zero-order chi connectivity index (χ0) is 23.6. The van der Waals surface area contributed by atoms with Gasteiger partial charge in [0.25, 0.3) is 0 Å². The van der Waals surface area contributed by atoms with Gasteiger partial charge in [-0.3, -0.25) is 15.4 Å². The van der Waals surface area contributed by atoms with Crippen LogP contribution in [0.2, 0.25) is 0 Å². The minimum Gasteiger partial charge on any atom is -0.388 e. The van der Waals surface area contributed by atoms with Crippen LogP contribution in [0.5, 0.6) is 0 Å². The first kappa shape index (κ1) is 29.5. The van der Waals surface area contributed by atoms with Gasteiger partial charge in [-0.2, -0.15) is 0 Å². The van der Waals surface area contributed by atoms with E-state index in [0.29, 0.717) is 0 Å². The summed E-state index contributed by atoms with van der Waals surface area (Å²) in [5.74, 6) is 0.333. The summed E-state index contributed by atoms with van der Waals surface area (Å²) in [6, 6.07) is 32.2. The Kier molecular flexibility index (Phi) is 16.2. The quantitative estimate of drug-likeness (QED) is 0.189. The van der Waals surface area contributed by atoms with Gasteiger partial charge in [0.05, 0.1) is 17.2 Å². The summed E-state index contributed by atoms with van der Waals surface area (Å²) >= 11 is 0. The number of carbonyl (C=O) groups excluding carboxylic acids is 1. The summed E-state index contributed by atoms with van der Waals surface area (Å²) in [6.45, 7) is 4.58. The van der Waals surface area contributed by atoms with Crippen LogP contribution in [0, 0.1) is 5.41 Å². The molecule has 0 saturated heterocycles. The monoisotopic (exact) mass is 528 g/mol. The van der Waals surface area contributed by atoms with E-state index in [2.05, 4.69) is 34.2 Å². The molecular formula is C27H30N4ORu+3. The number of ketones is 1. The molecule has 0 bridgehead atoms. The molecule has 6 heteroatoms. The van der Waals surface area contributed by atoms with Crippen LogP contribution < -0.4 is 5.73 Å². The van der Waals surface area contributed by atoms with Crippen LogP contribution in [0.1, 0.15) is 20.8 Å². The molecule has 33 heavy (non-hydrogen) atoms. The standard InChI is InChI=1S/2C11H9N.C3H6O.C2H6N2.Ru/c2*1-2-6-10(7-3-1)11-8-4-5-9-12-11;1-3(2)4;1-2(3)4;/h2*1-9H;1-2H3;1H3,(H3,3,4);/q;;;;+3. The van der Waals surface area contributed by atoms with Crippen LogP contribution in [0.3, 0.4) is 0 Å². The van der Waals surface area contributed by atoms with E-state index in [9.17, 15) is 4.79 Å². The van der Waals surface area contributed by atoms with Crippen molar-refractivity contribution in [2.24, 2.45) is 5.73 Å². The molecule has 0 amide bonds. The fourth-order valence-electron chi connectivity index (χ4n) is 2.28. The largest absolute Gasteiger partial charge is 3.00 e. The Balaban J connectivity index is 0.000000462. The fraction of sp³-hybridized carbons (Fsp3) is 0.111. The molecule has 5 nitrogen and oxygen atoms in total. The zero-order valence-corrected chi connectivity index (χ0v) is 20.9. The number of Topliss-reactive ketones (excluding diaryl/α,β-unsaturated/α-hetero) is 1. The Labute approximate surface area is 209 Å². The molecule has 3 N–H and O–H groups in total. The molecule has 0 fully saturated rings. The Morgan fingerprint density at radius 3 is 1.15 bits per heavy atom. The third-order valence-electron chi connectivity index (χ3n) is 3.47. The molecule has 0 aliphatic heterocycles. The van der Waals surface area contributed by atoms with Crippen LogP contribution >= 0.6 is 0 Å². The van der Waals surface area contributed by atoms with Crippen molar-refractivity contribution in [1.82, 2.24) is 9.97 Å². The number of pyridine rings is 2. The fourth-order valence-corrected chi connectivity index (χ4v) is 2.28. The first-order chi connectivity index (χ1) is 15.4. The summed E-state index contributed by atoms with van der Waals surface area (Å²) in [7, 11) is 0. The van der Waals surface area contributed by atoms with E-state index < -0.39 is 0 Å². The Hall–Kier alpha value is -3.50. The second-order valence-electron chi connectivity index (χ2n) is 6.75. The van der Waals surface area contributed by atoms with Gasteiger partial charge in [0.2, 0.25) is 0 Å². The number of aromatic nitrogens is 2. The molecule has 0 atom stereocenters. The number of nitrogens with two attached hydrogens (primary N) is 1. The smallest absolute Gasteiger partial charge is 0.388 e. The number of carbonyl (C=O) groups is 1. The van der Waals surface area contributed by atoms with Crippen molar-refractivity contribution in [3.05, 3.63) is 109 Å². The minimum absolute atomic E-state index is 0. The van der Waals surface area contributed by atoms with Gasteiger partial charge in [0, 0.05) is 23.5 Å². The van der Waals surface area contributed by atoms with Crippen molar-refractivity contribution < 1.29 is 24.3 Å². The van der Waals surface area contributed by atoms with E-state index in [4.69, 9.17) is 11.1 Å². The summed E-state index contributed by atoms with van der Waals surface area (Å²) in [6.07, 6.45) is 3.62. The van der Waals surface area contributed by atoms with Crippen LogP contribution in [-0.2, 0) is 24.3 Å². The van der Waals surface area contributed by atoms with Crippen LogP contribution in [0.4, 0.5) is 0 Å². The third kappa shape index (κ3) is 15.0. The maximum Gasteiger partial charge on any atom is 3.00 e. The maximum atomic E-state index is 9.44. The summed E-state index contributed by atoms with van der Waals surface area (Å²) in [5.41, 5.74) is 9.08. The van der Waals surface area contributed by atoms with Crippen LogP contribution in [-0.4, -0.2) is 21.6 Å². The van der Waals surface area contributed by atoms with E-state index in [1.54, 1.807) is 0 Å². The van der Waals surface area contributed by atoms with Gasteiger partial charge in [-0.1, -0.05) is 72.8 Å². The van der Waals surface area contributed by atoms with E-state index in [1.165, 1.54) is 20.8 Å². The van der Waals surface area contributed by atoms with Gasteiger partial charge in [0.15, 0.2) is 0 Å². The number of nitrogens with zero attached hydrogens (tertiary/aromatic N) is 2. The molecule has 4 aromatic rings. The van der Waals surface area contributed by atoms with Crippen LogP contribution in [0.25, 0.3) is 22.5 Å². The van der Waals surface area contributed by atoms with E-state index in [0.717, 1.165) is 22.5 Å². The average molecular weight is 528 g/mol. The van der Waals surface area contributed by atoms with Gasteiger partial charge in [-0.05, 0) is 45.0 Å². The van der Waals surface area contributed by atoms with Crippen molar-refractivity contribution in [2.75, 3.05) is 0 Å². The number of hydrogen-bond donors (Lipinski definition) is 2. The van der Waals surface area contributed by atoms with Crippen molar-refractivity contribution in [3.63, 3.8) is 0 Å². The van der Waals surface area contributed by atoms with E-state index in [1.807, 2.05) is 85.2 Å². The van der Waals surface area contributed by atoms with Crippen molar-refractivity contribution in [1.29, 1.82) is 5.41 Å². The first-order valence-electron chi connectivity index (χ1n) is 10.1. The van der Waals surface area contributed by atoms with E-state index in [-0.39, 0.29) is 31.1 Å². The average Bonchev–Trinajstić information content (AvgIpc) is 2.81. The minimum atomic E-state index is 0. The number of benzene rings is 2. The topological polar surface area (TPSA) is 92.7 Å². The maximum absolute atomic E-state index is 9.44. The molecule has 0 spiro atoms. The molecule has 0 aliphatic rings. The van der Waals surface area contributed by atoms with Gasteiger partial charge in [-0.15, -0.1) is 0 Å². The summed E-state index contributed by atoms with van der Waals surface area (Å²) < 4.78 is 0. The van der Waals surface area contributed by atoms with Crippen LogP contribution in [0.15, 0.2) is 109 Å². The van der Waals surface area contributed by atoms with Gasteiger partial charge < -0.3 is 10.5 Å². The Bertz CT molecular complexity index is 859. The van der Waals surface area contributed by atoms with Gasteiger partial charge >= 0.3 is 19.5 Å². The Morgan fingerprint density at radius 1 is 0.636 bits per heavy atom. The molecular weight excluding hydrogens is 497 g/mol. The molecule has 2 aromatic heterocycles. The van der Waals surface area contributed by atoms with Gasteiger partial charge in [-0.25, -0.2) is 0 Å². The molecule has 0 unspecified atom stereocenters. The molecule has 0 aliphatic carbocycles. The predicted molar refractivity (Wildman–Crippen MR) is 133 cm³/mol. The molecule has 2 aromatic carbocycles. The molecule has 4 rings (SSSR count). The second kappa shape index (κ2) is 18.1. The number of rotatable bonds is 2. The third-order valence-corrected chi connectivity index (χ3v) is 3.47. The predicted octanol–water partition coefficient (Wildman–Crippen LogP) is 6.03. The van der Waals surface area contributed by atoms with E-state index >= 15 is 0 Å². The van der Waals surface area contributed by atoms with Crippen molar-refractivity contribution >= 4 is 11.6 Å². The van der Waals surface area contributed by atoms with Gasteiger partial charge in [0.1, 0.15) is 5.78 Å². The number of amidine groups is 1.